The number of benzene rings is 1. The number of carbonyl (C=O) groups is 1. The molecule has 0 bridgehead atoms. The monoisotopic (exact) mass is 452 g/mol. The lowest BCUT2D eigenvalue weighted by Gasteiger charge is -2.18. The number of hydrogen-bond donors (Lipinski definition) is 1. The highest BCUT2D eigenvalue weighted by Crippen LogP contribution is 2.28. The lowest BCUT2D eigenvalue weighted by Crippen LogP contribution is -2.10. The van der Waals surface area contributed by atoms with Crippen LogP contribution < -0.4 is 9.47 Å². The van der Waals surface area contributed by atoms with Crippen molar-refractivity contribution in [1.29, 1.82) is 0 Å². The maximum Gasteiger partial charge on any atom is 0.303 e. The Bertz CT molecular complexity index is 620. The molecule has 7 nitrogen and oxygen atoms in total. The van der Waals surface area contributed by atoms with E-state index in [0.717, 1.165) is 82.7 Å². The minimum absolute atomic E-state index is 0.240. The fourth-order valence-electron chi connectivity index (χ4n) is 3.48. The van der Waals surface area contributed by atoms with E-state index in [1.54, 1.807) is 0 Å². The molecule has 0 fully saturated rings. The van der Waals surface area contributed by atoms with Crippen LogP contribution in [0.2, 0.25) is 0 Å². The van der Waals surface area contributed by atoms with Gasteiger partial charge in [0.05, 0.1) is 39.6 Å². The molecule has 0 amide bonds. The largest absolute Gasteiger partial charge is 0.494 e. The summed E-state index contributed by atoms with van der Waals surface area (Å²) in [5, 5.41) is 8.55. The van der Waals surface area contributed by atoms with Crippen molar-refractivity contribution in [3.63, 3.8) is 0 Å². The average Bonchev–Trinajstić information content (AvgIpc) is 2.80. The molecule has 2 rings (SSSR count). The van der Waals surface area contributed by atoms with Gasteiger partial charge in [0, 0.05) is 19.6 Å². The normalized spacial score (nSPS) is 12.9. The highest BCUT2D eigenvalue weighted by molar-refractivity contribution is 5.66. The minimum atomic E-state index is -0.732. The molecule has 1 aromatic rings. The second-order valence-electron chi connectivity index (χ2n) is 8.03. The highest BCUT2D eigenvalue weighted by Gasteiger charge is 2.10. The van der Waals surface area contributed by atoms with Gasteiger partial charge in [0.1, 0.15) is 11.5 Å². The van der Waals surface area contributed by atoms with Gasteiger partial charge in [-0.15, -0.1) is 0 Å². The van der Waals surface area contributed by atoms with Gasteiger partial charge >= 0.3 is 5.97 Å². The van der Waals surface area contributed by atoms with Crippen molar-refractivity contribution in [3.8, 4) is 11.5 Å². The molecule has 7 heteroatoms. The Morgan fingerprint density at radius 1 is 0.812 bits per heavy atom. The van der Waals surface area contributed by atoms with Crippen LogP contribution in [-0.4, -0.2) is 63.9 Å². The van der Waals surface area contributed by atoms with E-state index in [4.69, 9.17) is 28.8 Å². The molecule has 0 radical (unpaired) electrons. The molecule has 0 aliphatic carbocycles. The Morgan fingerprint density at radius 3 is 2.12 bits per heavy atom. The van der Waals surface area contributed by atoms with Gasteiger partial charge in [0.15, 0.2) is 0 Å². The summed E-state index contributed by atoms with van der Waals surface area (Å²) < 4.78 is 28.0. The predicted octanol–water partition coefficient (Wildman–Crippen LogP) is 4.65. The summed E-state index contributed by atoms with van der Waals surface area (Å²) in [6.45, 7) is 5.32. The van der Waals surface area contributed by atoms with Crippen molar-refractivity contribution in [3.05, 3.63) is 23.8 Å². The molecule has 0 atom stereocenters. The fourth-order valence-corrected chi connectivity index (χ4v) is 3.48. The Balaban J connectivity index is 1.27. The number of carboxylic acids is 1. The number of aliphatic carboxylic acids is 1. The van der Waals surface area contributed by atoms with Crippen LogP contribution >= 0.6 is 0 Å². The van der Waals surface area contributed by atoms with E-state index in [1.807, 2.05) is 12.1 Å². The third-order valence-corrected chi connectivity index (χ3v) is 5.26. The van der Waals surface area contributed by atoms with Crippen molar-refractivity contribution in [2.45, 2.75) is 64.2 Å². The molecule has 182 valence electrons. The lowest BCUT2D eigenvalue weighted by molar-refractivity contribution is -0.137. The number of fused-ring (bicyclic) bond motifs is 1. The lowest BCUT2D eigenvalue weighted by atomic mass is 10.1. The Kier molecular flexibility index (Phi) is 14.6. The molecule has 1 aromatic carbocycles. The minimum Gasteiger partial charge on any atom is -0.494 e. The molecule has 0 saturated heterocycles. The van der Waals surface area contributed by atoms with Gasteiger partial charge in [-0.2, -0.15) is 0 Å². The van der Waals surface area contributed by atoms with Crippen LogP contribution in [0.25, 0.3) is 0 Å². The summed E-state index contributed by atoms with van der Waals surface area (Å²) in [5.74, 6) is 1.21. The Morgan fingerprint density at radius 2 is 1.44 bits per heavy atom. The van der Waals surface area contributed by atoms with E-state index >= 15 is 0 Å². The van der Waals surface area contributed by atoms with E-state index in [2.05, 4.69) is 6.07 Å². The Labute approximate surface area is 192 Å². The molecule has 1 heterocycles. The van der Waals surface area contributed by atoms with Crippen LogP contribution in [0.15, 0.2) is 18.2 Å². The molecule has 0 spiro atoms. The number of hydrogen-bond acceptors (Lipinski definition) is 6. The maximum atomic E-state index is 10.4. The van der Waals surface area contributed by atoms with E-state index in [1.165, 1.54) is 5.56 Å². The first-order valence-corrected chi connectivity index (χ1v) is 12.1. The van der Waals surface area contributed by atoms with Crippen LogP contribution in [-0.2, 0) is 25.4 Å². The van der Waals surface area contributed by atoms with E-state index in [0.29, 0.717) is 39.5 Å². The molecule has 1 N–H and O–H groups in total. The van der Waals surface area contributed by atoms with Crippen LogP contribution in [0.5, 0.6) is 11.5 Å². The topological polar surface area (TPSA) is 83.5 Å². The summed E-state index contributed by atoms with van der Waals surface area (Å²) in [5.41, 5.74) is 1.26. The van der Waals surface area contributed by atoms with Crippen LogP contribution in [0, 0.1) is 0 Å². The number of aryl methyl sites for hydroxylation is 1. The Hall–Kier alpha value is -1.83. The van der Waals surface area contributed by atoms with Crippen molar-refractivity contribution in [2.24, 2.45) is 0 Å². The van der Waals surface area contributed by atoms with Gasteiger partial charge in [-0.25, -0.2) is 0 Å². The van der Waals surface area contributed by atoms with E-state index in [9.17, 15) is 4.79 Å². The number of carboxylic acid groups (broad SMARTS) is 1. The summed E-state index contributed by atoms with van der Waals surface area (Å²) in [4.78, 5) is 10.4. The second kappa shape index (κ2) is 17.7. The zero-order valence-corrected chi connectivity index (χ0v) is 19.4. The molecule has 1 aliphatic heterocycles. The molecule has 0 saturated carbocycles. The quantitative estimate of drug-likeness (QED) is 0.288. The molecular formula is C25H40O7. The number of ether oxygens (including phenoxy) is 5. The molecule has 1 aliphatic rings. The third-order valence-electron chi connectivity index (χ3n) is 5.26. The second-order valence-corrected chi connectivity index (χ2v) is 8.03. The van der Waals surface area contributed by atoms with Crippen molar-refractivity contribution in [1.82, 2.24) is 0 Å². The molecule has 0 aromatic heterocycles. The number of unbranched alkanes of at least 4 members (excludes halogenated alkanes) is 5. The molecular weight excluding hydrogens is 412 g/mol. The number of rotatable bonds is 20. The zero-order chi connectivity index (χ0) is 22.7. The summed E-state index contributed by atoms with van der Waals surface area (Å²) >= 11 is 0. The van der Waals surface area contributed by atoms with E-state index in [-0.39, 0.29) is 6.42 Å². The third kappa shape index (κ3) is 12.9. The van der Waals surface area contributed by atoms with Crippen molar-refractivity contribution >= 4 is 5.97 Å². The summed E-state index contributed by atoms with van der Waals surface area (Å²) in [7, 11) is 0. The van der Waals surface area contributed by atoms with Gasteiger partial charge in [-0.1, -0.05) is 12.8 Å². The van der Waals surface area contributed by atoms with Gasteiger partial charge in [-0.3, -0.25) is 4.79 Å². The zero-order valence-electron chi connectivity index (χ0n) is 19.4. The first-order valence-electron chi connectivity index (χ1n) is 12.1. The standard InChI is InChI=1S/C25H40O7/c26-25(27)10-4-3-6-14-29-18-20-30-19-17-28-13-5-1-2-7-15-31-23-11-12-24-22(21-23)9-8-16-32-24/h11-12,21H,1-10,13-20H2,(H,26,27). The average molecular weight is 453 g/mol. The van der Waals surface area contributed by atoms with E-state index < -0.39 is 5.97 Å². The smallest absolute Gasteiger partial charge is 0.303 e. The van der Waals surface area contributed by atoms with Gasteiger partial charge in [0.25, 0.3) is 0 Å². The molecule has 32 heavy (non-hydrogen) atoms. The fraction of sp³-hybridized carbons (Fsp3) is 0.720. The first kappa shape index (κ1) is 26.4. The van der Waals surface area contributed by atoms with Crippen LogP contribution in [0.3, 0.4) is 0 Å². The maximum absolute atomic E-state index is 10.4. The predicted molar refractivity (Wildman–Crippen MR) is 123 cm³/mol. The van der Waals surface area contributed by atoms with Gasteiger partial charge in [0.2, 0.25) is 0 Å². The van der Waals surface area contributed by atoms with Crippen molar-refractivity contribution in [2.75, 3.05) is 52.9 Å². The first-order chi connectivity index (χ1) is 15.8. The van der Waals surface area contributed by atoms with Gasteiger partial charge < -0.3 is 28.8 Å². The SMILES string of the molecule is O=C(O)CCCCCOCCOCCOCCCCCCOc1ccc2c(c1)CCCO2. The molecule has 0 unspecified atom stereocenters. The summed E-state index contributed by atoms with van der Waals surface area (Å²) in [6.07, 6.45) is 9.28. The van der Waals surface area contributed by atoms with Crippen LogP contribution in [0.1, 0.15) is 63.4 Å². The van der Waals surface area contributed by atoms with Crippen molar-refractivity contribution < 1.29 is 33.6 Å². The van der Waals surface area contributed by atoms with Crippen LogP contribution in [0.4, 0.5) is 0 Å². The van der Waals surface area contributed by atoms with Gasteiger partial charge in [-0.05, 0) is 68.7 Å². The highest BCUT2D eigenvalue weighted by atomic mass is 16.5. The summed E-state index contributed by atoms with van der Waals surface area (Å²) in [6, 6.07) is 6.13.